The van der Waals surface area contributed by atoms with Crippen molar-refractivity contribution in [2.45, 2.75) is 19.4 Å². The van der Waals surface area contributed by atoms with Crippen LogP contribution in [-0.4, -0.2) is 27.3 Å². The molecule has 5 nitrogen and oxygen atoms in total. The van der Waals surface area contributed by atoms with E-state index in [-0.39, 0.29) is 18.3 Å². The molecule has 1 heterocycles. The van der Waals surface area contributed by atoms with E-state index in [1.807, 2.05) is 0 Å². The van der Waals surface area contributed by atoms with Crippen LogP contribution in [0.25, 0.3) is 0 Å². The third-order valence-electron chi connectivity index (χ3n) is 1.35. The first-order valence-electron chi connectivity index (χ1n) is 4.01. The van der Waals surface area contributed by atoms with Crippen LogP contribution in [0.5, 0.6) is 5.88 Å². The Balaban J connectivity index is 2.73. The SMILES string of the molecule is CC(C)(O)COc1ncnc(N)c1F. The molecule has 78 valence electrons. The van der Waals surface area contributed by atoms with Crippen molar-refractivity contribution in [3.63, 3.8) is 0 Å². The van der Waals surface area contributed by atoms with Gasteiger partial charge >= 0.3 is 0 Å². The lowest BCUT2D eigenvalue weighted by Crippen LogP contribution is -2.28. The first-order chi connectivity index (χ1) is 6.40. The molecule has 0 atom stereocenters. The summed E-state index contributed by atoms with van der Waals surface area (Å²) in [4.78, 5) is 6.98. The Morgan fingerprint density at radius 3 is 2.79 bits per heavy atom. The molecular weight excluding hydrogens is 189 g/mol. The molecule has 1 rings (SSSR count). The van der Waals surface area contributed by atoms with Gasteiger partial charge in [0.1, 0.15) is 12.9 Å². The van der Waals surface area contributed by atoms with Crippen molar-refractivity contribution in [2.75, 3.05) is 12.3 Å². The number of nitrogens with zero attached hydrogens (tertiary/aromatic N) is 2. The fraction of sp³-hybridized carbons (Fsp3) is 0.500. The maximum Gasteiger partial charge on any atom is 0.255 e. The molecule has 0 fully saturated rings. The largest absolute Gasteiger partial charge is 0.472 e. The normalized spacial score (nSPS) is 11.4. The van der Waals surface area contributed by atoms with Crippen molar-refractivity contribution < 1.29 is 14.2 Å². The van der Waals surface area contributed by atoms with Gasteiger partial charge in [0.15, 0.2) is 5.82 Å². The molecule has 1 aromatic heterocycles. The quantitative estimate of drug-likeness (QED) is 0.737. The molecule has 0 aliphatic rings. The third kappa shape index (κ3) is 2.81. The van der Waals surface area contributed by atoms with Gasteiger partial charge in [-0.1, -0.05) is 0 Å². The Morgan fingerprint density at radius 2 is 2.21 bits per heavy atom. The van der Waals surface area contributed by atoms with Gasteiger partial charge in [-0.2, -0.15) is 9.37 Å². The molecular formula is C8H12FN3O2. The molecule has 0 aliphatic carbocycles. The predicted octanol–water partition coefficient (Wildman–Crippen LogP) is 0.348. The zero-order valence-electron chi connectivity index (χ0n) is 7.99. The molecule has 0 saturated heterocycles. The maximum absolute atomic E-state index is 13.1. The average Bonchev–Trinajstić information content (AvgIpc) is 2.06. The lowest BCUT2D eigenvalue weighted by molar-refractivity contribution is 0.0253. The fourth-order valence-corrected chi connectivity index (χ4v) is 0.712. The van der Waals surface area contributed by atoms with Crippen molar-refractivity contribution in [1.82, 2.24) is 9.97 Å². The summed E-state index contributed by atoms with van der Waals surface area (Å²) < 4.78 is 18.0. The number of rotatable bonds is 3. The Bertz CT molecular complexity index is 325. The summed E-state index contributed by atoms with van der Waals surface area (Å²) in [6.45, 7) is 3.01. The first-order valence-corrected chi connectivity index (χ1v) is 4.01. The summed E-state index contributed by atoms with van der Waals surface area (Å²) in [6.07, 6.45) is 1.10. The molecule has 0 radical (unpaired) electrons. The summed E-state index contributed by atoms with van der Waals surface area (Å²) in [6, 6.07) is 0. The fourth-order valence-electron chi connectivity index (χ4n) is 0.712. The lowest BCUT2D eigenvalue weighted by atomic mass is 10.2. The van der Waals surface area contributed by atoms with E-state index in [0.717, 1.165) is 6.33 Å². The molecule has 0 unspecified atom stereocenters. The van der Waals surface area contributed by atoms with Gasteiger partial charge in [-0.05, 0) is 13.8 Å². The van der Waals surface area contributed by atoms with Crippen LogP contribution in [0.2, 0.25) is 0 Å². The van der Waals surface area contributed by atoms with Gasteiger partial charge < -0.3 is 15.6 Å². The minimum absolute atomic E-state index is 0.0691. The number of nitrogens with two attached hydrogens (primary N) is 1. The van der Waals surface area contributed by atoms with Gasteiger partial charge in [-0.3, -0.25) is 0 Å². The van der Waals surface area contributed by atoms with Crippen molar-refractivity contribution in [1.29, 1.82) is 0 Å². The lowest BCUT2D eigenvalue weighted by Gasteiger charge is -2.17. The van der Waals surface area contributed by atoms with Gasteiger partial charge in [0, 0.05) is 0 Å². The van der Waals surface area contributed by atoms with Crippen molar-refractivity contribution >= 4 is 5.82 Å². The molecule has 14 heavy (non-hydrogen) atoms. The maximum atomic E-state index is 13.1. The van der Waals surface area contributed by atoms with E-state index < -0.39 is 11.4 Å². The Morgan fingerprint density at radius 1 is 1.57 bits per heavy atom. The highest BCUT2D eigenvalue weighted by Crippen LogP contribution is 2.17. The van der Waals surface area contributed by atoms with Crippen LogP contribution >= 0.6 is 0 Å². The number of halogens is 1. The van der Waals surface area contributed by atoms with Crippen molar-refractivity contribution in [3.8, 4) is 5.88 Å². The number of nitrogen functional groups attached to an aromatic ring is 1. The van der Waals surface area contributed by atoms with E-state index in [1.54, 1.807) is 0 Å². The van der Waals surface area contributed by atoms with E-state index in [9.17, 15) is 9.50 Å². The molecule has 0 aliphatic heterocycles. The zero-order valence-corrected chi connectivity index (χ0v) is 7.99. The Hall–Kier alpha value is -1.43. The summed E-state index contributed by atoms with van der Waals surface area (Å²) in [5.41, 5.74) is 4.14. The highest BCUT2D eigenvalue weighted by Gasteiger charge is 2.16. The minimum atomic E-state index is -1.05. The zero-order chi connectivity index (χ0) is 10.8. The molecule has 0 spiro atoms. The van der Waals surface area contributed by atoms with Crippen LogP contribution in [0.4, 0.5) is 10.2 Å². The predicted molar refractivity (Wildman–Crippen MR) is 48.2 cm³/mol. The molecule has 0 amide bonds. The van der Waals surface area contributed by atoms with Crippen LogP contribution in [0.3, 0.4) is 0 Å². The number of hydrogen-bond acceptors (Lipinski definition) is 5. The molecule has 6 heteroatoms. The van der Waals surface area contributed by atoms with Crippen LogP contribution in [-0.2, 0) is 0 Å². The van der Waals surface area contributed by atoms with E-state index in [4.69, 9.17) is 10.5 Å². The van der Waals surface area contributed by atoms with Crippen LogP contribution < -0.4 is 10.5 Å². The van der Waals surface area contributed by atoms with Crippen LogP contribution in [0, 0.1) is 5.82 Å². The number of ether oxygens (including phenoxy) is 1. The van der Waals surface area contributed by atoms with Gasteiger partial charge in [0.25, 0.3) is 5.88 Å². The van der Waals surface area contributed by atoms with Gasteiger partial charge in [0.05, 0.1) is 5.60 Å². The smallest absolute Gasteiger partial charge is 0.255 e. The van der Waals surface area contributed by atoms with Gasteiger partial charge in [0.2, 0.25) is 5.82 Å². The molecule has 0 bridgehead atoms. The highest BCUT2D eigenvalue weighted by molar-refractivity contribution is 5.33. The summed E-state index contributed by atoms with van der Waals surface area (Å²) in [5.74, 6) is -1.33. The molecule has 3 N–H and O–H groups in total. The van der Waals surface area contributed by atoms with Gasteiger partial charge in [-0.25, -0.2) is 4.98 Å². The average molecular weight is 201 g/mol. The van der Waals surface area contributed by atoms with E-state index in [1.165, 1.54) is 13.8 Å². The number of hydrogen-bond donors (Lipinski definition) is 2. The van der Waals surface area contributed by atoms with Crippen LogP contribution in [0.1, 0.15) is 13.8 Å². The Kier molecular flexibility index (Phi) is 2.85. The molecule has 0 saturated carbocycles. The molecule has 1 aromatic rings. The summed E-state index contributed by atoms with van der Waals surface area (Å²) >= 11 is 0. The standard InChI is InChI=1S/C8H12FN3O2/c1-8(2,13)3-14-7-5(9)6(10)11-4-12-7/h4,13H,3H2,1-2H3,(H2,10,11,12). The van der Waals surface area contributed by atoms with Crippen LogP contribution in [0.15, 0.2) is 6.33 Å². The second-order valence-electron chi connectivity index (χ2n) is 3.48. The number of aliphatic hydroxyl groups is 1. The minimum Gasteiger partial charge on any atom is -0.472 e. The topological polar surface area (TPSA) is 81.3 Å². The molecule has 0 aromatic carbocycles. The number of anilines is 1. The first kappa shape index (κ1) is 10.6. The van der Waals surface area contributed by atoms with E-state index >= 15 is 0 Å². The Labute approximate surface area is 80.7 Å². The summed E-state index contributed by atoms with van der Waals surface area (Å²) in [7, 11) is 0. The van der Waals surface area contributed by atoms with Crippen molar-refractivity contribution in [3.05, 3.63) is 12.1 Å². The van der Waals surface area contributed by atoms with Crippen molar-refractivity contribution in [2.24, 2.45) is 0 Å². The third-order valence-corrected chi connectivity index (χ3v) is 1.35. The second-order valence-corrected chi connectivity index (χ2v) is 3.48. The van der Waals surface area contributed by atoms with Gasteiger partial charge in [-0.15, -0.1) is 0 Å². The number of aromatic nitrogens is 2. The van der Waals surface area contributed by atoms with E-state index in [2.05, 4.69) is 9.97 Å². The van der Waals surface area contributed by atoms with E-state index in [0.29, 0.717) is 0 Å². The highest BCUT2D eigenvalue weighted by atomic mass is 19.1. The monoisotopic (exact) mass is 201 g/mol. The summed E-state index contributed by atoms with van der Waals surface area (Å²) in [5, 5.41) is 9.32. The second kappa shape index (κ2) is 3.75.